The van der Waals surface area contributed by atoms with E-state index in [1.165, 1.54) is 11.4 Å². The lowest BCUT2D eigenvalue weighted by Gasteiger charge is -2.37. The molecule has 4 rings (SSSR count). The molecule has 0 bridgehead atoms. The summed E-state index contributed by atoms with van der Waals surface area (Å²) in [6, 6.07) is 12.8. The summed E-state index contributed by atoms with van der Waals surface area (Å²) in [5.74, 6) is 0. The summed E-state index contributed by atoms with van der Waals surface area (Å²) < 4.78 is 2.05. The number of para-hydroxylation sites is 1. The van der Waals surface area contributed by atoms with E-state index in [1.54, 1.807) is 6.92 Å². The summed E-state index contributed by atoms with van der Waals surface area (Å²) in [5.41, 5.74) is 3.35. The fraction of sp³-hybridized carbons (Fsp3) is 0.550. The number of aliphatic hydroxyl groups excluding tert-OH is 1. The molecule has 0 aliphatic carbocycles. The fourth-order valence-electron chi connectivity index (χ4n) is 3.89. The van der Waals surface area contributed by atoms with Crippen molar-refractivity contribution in [1.82, 2.24) is 19.6 Å². The van der Waals surface area contributed by atoms with Gasteiger partial charge < -0.3 is 10.0 Å². The van der Waals surface area contributed by atoms with Crippen LogP contribution in [0.1, 0.15) is 24.4 Å². The largest absolute Gasteiger partial charge is 0.387 e. The highest BCUT2D eigenvalue weighted by Crippen LogP contribution is 2.18. The van der Waals surface area contributed by atoms with E-state index in [2.05, 4.69) is 60.9 Å². The molecule has 3 heterocycles. The van der Waals surface area contributed by atoms with Gasteiger partial charge in [0.1, 0.15) is 0 Å². The van der Waals surface area contributed by atoms with Crippen molar-refractivity contribution < 1.29 is 5.11 Å². The van der Waals surface area contributed by atoms with Gasteiger partial charge in [0, 0.05) is 58.0 Å². The zero-order valence-electron chi connectivity index (χ0n) is 15.6. The van der Waals surface area contributed by atoms with Crippen molar-refractivity contribution >= 4 is 5.69 Å². The van der Waals surface area contributed by atoms with Gasteiger partial charge in [-0.25, -0.2) is 0 Å². The number of fused-ring (bicyclic) bond motifs is 1. The van der Waals surface area contributed by atoms with E-state index in [0.29, 0.717) is 0 Å². The number of anilines is 1. The number of benzene rings is 1. The summed E-state index contributed by atoms with van der Waals surface area (Å²) in [6.45, 7) is 11.4. The second-order valence-corrected chi connectivity index (χ2v) is 7.40. The molecular weight excluding hydrogens is 326 g/mol. The third-order valence-electron chi connectivity index (χ3n) is 5.55. The summed E-state index contributed by atoms with van der Waals surface area (Å²) in [6.07, 6.45) is -0.484. The van der Waals surface area contributed by atoms with Gasteiger partial charge in [-0.15, -0.1) is 0 Å². The van der Waals surface area contributed by atoms with Crippen LogP contribution in [0.25, 0.3) is 0 Å². The first-order valence-corrected chi connectivity index (χ1v) is 9.68. The molecule has 2 aliphatic heterocycles. The molecule has 0 spiro atoms. The monoisotopic (exact) mass is 355 g/mol. The zero-order valence-corrected chi connectivity index (χ0v) is 15.6. The van der Waals surface area contributed by atoms with Crippen molar-refractivity contribution in [2.24, 2.45) is 0 Å². The Bertz CT molecular complexity index is 706. The highest BCUT2D eigenvalue weighted by atomic mass is 16.3. The molecule has 1 atom stereocenters. The van der Waals surface area contributed by atoms with Crippen LogP contribution in [-0.4, -0.2) is 70.5 Å². The molecule has 6 nitrogen and oxygen atoms in total. The molecule has 140 valence electrons. The molecule has 6 heteroatoms. The van der Waals surface area contributed by atoms with Gasteiger partial charge in [0.2, 0.25) is 0 Å². The number of aromatic nitrogens is 2. The van der Waals surface area contributed by atoms with E-state index in [1.807, 2.05) is 0 Å². The fourth-order valence-corrected chi connectivity index (χ4v) is 3.89. The maximum Gasteiger partial charge on any atom is 0.0950 e. The number of aliphatic hydroxyl groups is 1. The van der Waals surface area contributed by atoms with Crippen molar-refractivity contribution in [2.45, 2.75) is 26.1 Å². The highest BCUT2D eigenvalue weighted by Gasteiger charge is 2.21. The van der Waals surface area contributed by atoms with E-state index < -0.39 is 6.10 Å². The molecule has 1 aromatic carbocycles. The van der Waals surface area contributed by atoms with E-state index in [-0.39, 0.29) is 0 Å². The van der Waals surface area contributed by atoms with Gasteiger partial charge in [0.15, 0.2) is 0 Å². The number of rotatable bonds is 5. The maximum absolute atomic E-state index is 9.72. The standard InChI is InChI=1S/C20H29N5O/c1-17(26)20-15-19-16-23(11-14-25(19)21-20)8-7-22-9-12-24(13-10-22)18-5-3-2-4-6-18/h2-6,15,17,26H,7-14,16H2,1H3/t17-/m1/s1. The summed E-state index contributed by atoms with van der Waals surface area (Å²) >= 11 is 0. The average molecular weight is 355 g/mol. The lowest BCUT2D eigenvalue weighted by molar-refractivity contribution is 0.166. The molecule has 1 saturated heterocycles. The topological polar surface area (TPSA) is 47.8 Å². The molecule has 26 heavy (non-hydrogen) atoms. The first-order chi connectivity index (χ1) is 12.7. The molecule has 1 fully saturated rings. The van der Waals surface area contributed by atoms with Crippen LogP contribution in [-0.2, 0) is 13.1 Å². The third-order valence-corrected chi connectivity index (χ3v) is 5.55. The maximum atomic E-state index is 9.72. The summed E-state index contributed by atoms with van der Waals surface area (Å²) in [7, 11) is 0. The highest BCUT2D eigenvalue weighted by molar-refractivity contribution is 5.46. The Labute approximate surface area is 155 Å². The third kappa shape index (κ3) is 3.92. The van der Waals surface area contributed by atoms with Gasteiger partial charge in [-0.3, -0.25) is 14.5 Å². The van der Waals surface area contributed by atoms with Crippen LogP contribution >= 0.6 is 0 Å². The number of hydrogen-bond acceptors (Lipinski definition) is 5. The Balaban J connectivity index is 1.24. The second-order valence-electron chi connectivity index (χ2n) is 7.40. The molecule has 0 saturated carbocycles. The number of piperazine rings is 1. The van der Waals surface area contributed by atoms with Gasteiger partial charge in [-0.05, 0) is 25.1 Å². The van der Waals surface area contributed by atoms with Gasteiger partial charge in [-0.1, -0.05) is 18.2 Å². The lowest BCUT2D eigenvalue weighted by Crippen LogP contribution is -2.49. The Kier molecular flexibility index (Phi) is 5.24. The van der Waals surface area contributed by atoms with Gasteiger partial charge in [-0.2, -0.15) is 5.10 Å². The van der Waals surface area contributed by atoms with Crippen LogP contribution in [0.2, 0.25) is 0 Å². The van der Waals surface area contributed by atoms with Crippen molar-refractivity contribution in [2.75, 3.05) is 50.7 Å². The summed E-state index contributed by atoms with van der Waals surface area (Å²) in [4.78, 5) is 7.56. The molecule has 0 unspecified atom stereocenters. The molecule has 0 amide bonds. The second kappa shape index (κ2) is 7.78. The van der Waals surface area contributed by atoms with Crippen LogP contribution in [0.15, 0.2) is 36.4 Å². The number of hydrogen-bond donors (Lipinski definition) is 1. The SMILES string of the molecule is C[C@@H](O)c1cc2n(n1)CCN(CCN1CCN(c3ccccc3)CC1)C2. The zero-order chi connectivity index (χ0) is 17.9. The minimum absolute atomic E-state index is 0.484. The van der Waals surface area contributed by atoms with Crippen molar-refractivity contribution in [3.05, 3.63) is 47.8 Å². The van der Waals surface area contributed by atoms with Crippen LogP contribution in [0.5, 0.6) is 0 Å². The normalized spacial score (nSPS) is 20.2. The predicted octanol–water partition coefficient (Wildman–Crippen LogP) is 1.57. The van der Waals surface area contributed by atoms with Crippen LogP contribution in [0, 0.1) is 0 Å². The average Bonchev–Trinajstić information content (AvgIpc) is 3.11. The minimum atomic E-state index is -0.484. The van der Waals surface area contributed by atoms with Gasteiger partial charge in [0.05, 0.1) is 24.0 Å². The van der Waals surface area contributed by atoms with Crippen LogP contribution < -0.4 is 4.90 Å². The Morgan fingerprint density at radius 3 is 2.38 bits per heavy atom. The molecular formula is C20H29N5O. The Morgan fingerprint density at radius 2 is 1.65 bits per heavy atom. The van der Waals surface area contributed by atoms with Crippen molar-refractivity contribution in [3.63, 3.8) is 0 Å². The van der Waals surface area contributed by atoms with E-state index in [4.69, 9.17) is 0 Å². The van der Waals surface area contributed by atoms with Gasteiger partial charge >= 0.3 is 0 Å². The van der Waals surface area contributed by atoms with Gasteiger partial charge in [0.25, 0.3) is 0 Å². The van der Waals surface area contributed by atoms with Crippen LogP contribution in [0.3, 0.4) is 0 Å². The molecule has 1 aromatic heterocycles. The van der Waals surface area contributed by atoms with Crippen molar-refractivity contribution in [3.8, 4) is 0 Å². The minimum Gasteiger partial charge on any atom is -0.387 e. The number of nitrogens with zero attached hydrogens (tertiary/aromatic N) is 5. The van der Waals surface area contributed by atoms with E-state index in [9.17, 15) is 5.11 Å². The van der Waals surface area contributed by atoms with Crippen molar-refractivity contribution in [1.29, 1.82) is 0 Å². The van der Waals surface area contributed by atoms with Crippen LogP contribution in [0.4, 0.5) is 5.69 Å². The lowest BCUT2D eigenvalue weighted by atomic mass is 10.2. The van der Waals surface area contributed by atoms with E-state index in [0.717, 1.165) is 64.6 Å². The quantitative estimate of drug-likeness (QED) is 0.882. The Hall–Kier alpha value is -1.89. The first-order valence-electron chi connectivity index (χ1n) is 9.68. The smallest absolute Gasteiger partial charge is 0.0950 e. The predicted molar refractivity (Wildman–Crippen MR) is 103 cm³/mol. The first kappa shape index (κ1) is 17.5. The molecule has 0 radical (unpaired) electrons. The molecule has 1 N–H and O–H groups in total. The molecule has 2 aromatic rings. The summed E-state index contributed by atoms with van der Waals surface area (Å²) in [5, 5.41) is 14.2. The Morgan fingerprint density at radius 1 is 0.962 bits per heavy atom. The molecule has 2 aliphatic rings. The van der Waals surface area contributed by atoms with E-state index >= 15 is 0 Å².